The molecule has 0 aliphatic heterocycles. The van der Waals surface area contributed by atoms with Crippen molar-refractivity contribution in [2.45, 2.75) is 24.7 Å². The van der Waals surface area contributed by atoms with Gasteiger partial charge in [-0.1, -0.05) is 0 Å². The quantitative estimate of drug-likeness (QED) is 0.231. The number of aliphatic carboxylic acids is 1. The van der Waals surface area contributed by atoms with Crippen LogP contribution in [0.4, 0.5) is 0 Å². The van der Waals surface area contributed by atoms with Crippen LogP contribution < -0.4 is 5.32 Å². The fraction of sp³-hybridized carbons (Fsp3) is 0.600. The molecule has 3 unspecified atom stereocenters. The zero-order chi connectivity index (χ0) is 16.2. The van der Waals surface area contributed by atoms with Crippen LogP contribution in [0.5, 0.6) is 0 Å². The first kappa shape index (κ1) is 17.8. The highest BCUT2D eigenvalue weighted by Gasteiger charge is 2.35. The van der Waals surface area contributed by atoms with Crippen LogP contribution in [-0.4, -0.2) is 68.2 Å². The molecule has 10 nitrogen and oxygen atoms in total. The first-order valence-corrected chi connectivity index (χ1v) is 7.65. The highest BCUT2D eigenvalue weighted by atomic mass is 31.2. The Hall–Kier alpha value is -1.29. The molecule has 120 valence electrons. The molecule has 0 saturated carbocycles. The van der Waals surface area contributed by atoms with Gasteiger partial charge in [0.25, 0.3) is 0 Å². The van der Waals surface area contributed by atoms with Crippen molar-refractivity contribution in [2.75, 3.05) is 12.8 Å². The van der Waals surface area contributed by atoms with Crippen LogP contribution >= 0.6 is 7.60 Å². The first-order chi connectivity index (χ1) is 9.60. The number of carboxylic acid groups (broad SMARTS) is 1. The maximum Gasteiger partial charge on any atom is 0.339 e. The Kier molecular flexibility index (Phi) is 6.02. The minimum Gasteiger partial charge on any atom is -0.478 e. The van der Waals surface area contributed by atoms with Gasteiger partial charge in [0.05, 0.1) is 18.9 Å². The third kappa shape index (κ3) is 5.92. The van der Waals surface area contributed by atoms with Crippen molar-refractivity contribution < 1.29 is 44.0 Å². The van der Waals surface area contributed by atoms with Gasteiger partial charge in [-0.15, -0.1) is 0 Å². The number of carbonyl (C=O) groups is 2. The minimum absolute atomic E-state index is 0.200. The fourth-order valence-electron chi connectivity index (χ4n) is 1.69. The fourth-order valence-corrected chi connectivity index (χ4v) is 2.09. The van der Waals surface area contributed by atoms with Gasteiger partial charge in [-0.05, 0) is 6.08 Å². The second kappa shape index (κ2) is 7.12. The number of carbonyl (C=O) groups excluding carboxylic acids is 1. The van der Waals surface area contributed by atoms with Crippen LogP contribution in [0.2, 0.25) is 0 Å². The Morgan fingerprint density at radius 3 is 2.52 bits per heavy atom. The van der Waals surface area contributed by atoms with Crippen LogP contribution in [0, 0.1) is 0 Å². The number of ether oxygens (including phenoxy) is 1. The number of rotatable bonds is 6. The molecule has 0 saturated heterocycles. The van der Waals surface area contributed by atoms with E-state index in [1.165, 1.54) is 0 Å². The molecule has 0 aromatic heterocycles. The molecule has 0 radical (unpaired) electrons. The average molecular weight is 325 g/mol. The Bertz CT molecular complexity index is 485. The van der Waals surface area contributed by atoms with Crippen molar-refractivity contribution in [3.05, 3.63) is 11.6 Å². The lowest BCUT2D eigenvalue weighted by molar-refractivity contribution is -0.156. The molecule has 11 heteroatoms. The number of esters is 1. The molecule has 1 aliphatic rings. The van der Waals surface area contributed by atoms with Gasteiger partial charge in [-0.2, -0.15) is 0 Å². The van der Waals surface area contributed by atoms with Crippen molar-refractivity contribution in [3.63, 3.8) is 0 Å². The lowest BCUT2D eigenvalue weighted by Crippen LogP contribution is -2.44. The Labute approximate surface area is 119 Å². The lowest BCUT2D eigenvalue weighted by atomic mass is 9.92. The normalized spacial score (nSPS) is 26.1. The number of hydrogen-bond donors (Lipinski definition) is 6. The van der Waals surface area contributed by atoms with Crippen molar-refractivity contribution >= 4 is 19.5 Å². The third-order valence-corrected chi connectivity index (χ3v) is 3.29. The van der Waals surface area contributed by atoms with Crippen LogP contribution in [0.3, 0.4) is 0 Å². The summed E-state index contributed by atoms with van der Waals surface area (Å²) in [6.07, 6.45) is -4.19. The van der Waals surface area contributed by atoms with E-state index in [1.54, 1.807) is 0 Å². The molecule has 0 spiro atoms. The molecule has 0 heterocycles. The molecule has 3 atom stereocenters. The van der Waals surface area contributed by atoms with Crippen molar-refractivity contribution in [1.29, 1.82) is 0 Å². The van der Waals surface area contributed by atoms with E-state index in [1.807, 2.05) is 0 Å². The van der Waals surface area contributed by atoms with E-state index in [9.17, 15) is 24.4 Å². The third-order valence-electron chi connectivity index (χ3n) is 2.65. The molecule has 1 rings (SSSR count). The first-order valence-electron chi connectivity index (χ1n) is 5.85. The molecule has 0 bridgehead atoms. The van der Waals surface area contributed by atoms with Crippen LogP contribution in [0.25, 0.3) is 0 Å². The molecule has 0 aromatic carbocycles. The molecular formula is C10H16NO9P. The molecule has 6 N–H and O–H groups in total. The molecule has 1 aliphatic carbocycles. The molecular weight excluding hydrogens is 309 g/mol. The summed E-state index contributed by atoms with van der Waals surface area (Å²) in [5.74, 6) is -2.26. The average Bonchev–Trinajstić information content (AvgIpc) is 2.32. The summed E-state index contributed by atoms with van der Waals surface area (Å²) >= 11 is 0. The largest absolute Gasteiger partial charge is 0.478 e. The van der Waals surface area contributed by atoms with Crippen LogP contribution in [0.1, 0.15) is 6.42 Å². The van der Waals surface area contributed by atoms with E-state index in [0.717, 1.165) is 6.08 Å². The number of nitrogens with one attached hydrogen (secondary N) is 1. The molecule has 0 amide bonds. The lowest BCUT2D eigenvalue weighted by Gasteiger charge is -2.29. The maximum atomic E-state index is 11.4. The van der Waals surface area contributed by atoms with Gasteiger partial charge < -0.3 is 29.8 Å². The summed E-state index contributed by atoms with van der Waals surface area (Å²) in [7, 11) is -4.31. The monoisotopic (exact) mass is 325 g/mol. The smallest absolute Gasteiger partial charge is 0.339 e. The van der Waals surface area contributed by atoms with E-state index in [-0.39, 0.29) is 12.0 Å². The van der Waals surface area contributed by atoms with E-state index in [4.69, 9.17) is 19.6 Å². The van der Waals surface area contributed by atoms with E-state index in [0.29, 0.717) is 0 Å². The van der Waals surface area contributed by atoms with Crippen molar-refractivity contribution in [3.8, 4) is 0 Å². The Balaban J connectivity index is 2.59. The summed E-state index contributed by atoms with van der Waals surface area (Å²) in [5.41, 5.74) is -0.200. The van der Waals surface area contributed by atoms with Crippen LogP contribution in [0.15, 0.2) is 11.6 Å². The second-order valence-electron chi connectivity index (χ2n) is 4.46. The SMILES string of the molecule is O=C(CNCP(=O)(O)O)OC1C=C(C(=O)O)CC(O)C1O. The Morgan fingerprint density at radius 2 is 2.00 bits per heavy atom. The predicted molar refractivity (Wildman–Crippen MR) is 67.1 cm³/mol. The topological polar surface area (TPSA) is 174 Å². The van der Waals surface area contributed by atoms with Gasteiger partial charge >= 0.3 is 19.5 Å². The summed E-state index contributed by atoms with van der Waals surface area (Å²) in [6, 6.07) is 0. The summed E-state index contributed by atoms with van der Waals surface area (Å²) in [5, 5.41) is 30.1. The standard InChI is InChI=1S/C10H16NO9P/c12-6-1-5(10(15)16)2-7(9(6)14)20-8(13)3-11-4-21(17,18)19/h2,6-7,9,11-12,14H,1,3-4H2,(H,15,16)(H2,17,18,19). The number of aliphatic hydroxyl groups excluding tert-OH is 2. The van der Waals surface area contributed by atoms with E-state index < -0.39 is 50.7 Å². The van der Waals surface area contributed by atoms with Crippen LogP contribution in [-0.2, 0) is 18.9 Å². The minimum atomic E-state index is -4.31. The van der Waals surface area contributed by atoms with Gasteiger partial charge in [-0.25, -0.2) is 4.79 Å². The Morgan fingerprint density at radius 1 is 1.38 bits per heavy atom. The zero-order valence-corrected chi connectivity index (χ0v) is 11.6. The summed E-state index contributed by atoms with van der Waals surface area (Å²) < 4.78 is 15.3. The highest BCUT2D eigenvalue weighted by molar-refractivity contribution is 7.51. The van der Waals surface area contributed by atoms with E-state index in [2.05, 4.69) is 5.32 Å². The van der Waals surface area contributed by atoms with E-state index >= 15 is 0 Å². The van der Waals surface area contributed by atoms with Gasteiger partial charge in [0, 0.05) is 12.0 Å². The summed E-state index contributed by atoms with van der Waals surface area (Å²) in [6.45, 7) is -0.541. The maximum absolute atomic E-state index is 11.4. The van der Waals surface area contributed by atoms with Gasteiger partial charge in [0.2, 0.25) is 0 Å². The van der Waals surface area contributed by atoms with Crippen molar-refractivity contribution in [1.82, 2.24) is 5.32 Å². The zero-order valence-electron chi connectivity index (χ0n) is 10.7. The van der Waals surface area contributed by atoms with Gasteiger partial charge in [-0.3, -0.25) is 14.7 Å². The molecule has 21 heavy (non-hydrogen) atoms. The molecule has 0 fully saturated rings. The second-order valence-corrected chi connectivity index (χ2v) is 6.11. The highest BCUT2D eigenvalue weighted by Crippen LogP contribution is 2.31. The predicted octanol–water partition coefficient (Wildman–Crippen LogP) is -2.24. The number of aliphatic hydroxyl groups is 2. The number of carboxylic acids is 1. The molecule has 0 aromatic rings. The van der Waals surface area contributed by atoms with Gasteiger partial charge in [0.1, 0.15) is 12.2 Å². The number of hydrogen-bond acceptors (Lipinski definition) is 7. The van der Waals surface area contributed by atoms with Crippen molar-refractivity contribution in [2.24, 2.45) is 0 Å². The summed E-state index contributed by atoms with van der Waals surface area (Å²) in [4.78, 5) is 39.4. The van der Waals surface area contributed by atoms with Gasteiger partial charge in [0.15, 0.2) is 0 Å².